The number of unbranched alkanes of at least 4 members (excludes halogenated alkanes) is 1. The van der Waals surface area contributed by atoms with Gasteiger partial charge in [-0.3, -0.25) is 0 Å². The van der Waals surface area contributed by atoms with Crippen LogP contribution >= 0.6 is 0 Å². The van der Waals surface area contributed by atoms with Gasteiger partial charge in [0.1, 0.15) is 0 Å². The summed E-state index contributed by atoms with van der Waals surface area (Å²) in [5, 5.41) is 3.19. The van der Waals surface area contributed by atoms with Crippen LogP contribution in [0.25, 0.3) is 0 Å². The molecule has 19 heavy (non-hydrogen) atoms. The van der Waals surface area contributed by atoms with E-state index in [1.54, 1.807) is 0 Å². The molecule has 0 saturated carbocycles. The Bertz CT molecular complexity index is 290. The smallest absolute Gasteiger partial charge is 0.211 e. The molecule has 0 aromatic heterocycles. The Morgan fingerprint density at radius 2 is 1.63 bits per heavy atom. The molecule has 0 rings (SSSR count). The van der Waals surface area contributed by atoms with Gasteiger partial charge in [0.25, 0.3) is 0 Å². The number of hydrogen-bond donors (Lipinski definition) is 2. The van der Waals surface area contributed by atoms with E-state index in [0.717, 1.165) is 52.0 Å². The first-order valence-corrected chi connectivity index (χ1v) is 9.11. The first-order chi connectivity index (χ1) is 9.05. The number of nitrogens with zero attached hydrogens (tertiary/aromatic N) is 1. The fourth-order valence-electron chi connectivity index (χ4n) is 1.86. The van der Waals surface area contributed by atoms with Crippen molar-refractivity contribution in [2.75, 3.05) is 45.0 Å². The van der Waals surface area contributed by atoms with E-state index in [4.69, 9.17) is 0 Å². The largest absolute Gasteiger partial charge is 0.317 e. The number of nitrogens with one attached hydrogen (secondary N) is 2. The summed E-state index contributed by atoms with van der Waals surface area (Å²) >= 11 is 0. The van der Waals surface area contributed by atoms with Crippen molar-refractivity contribution in [3.63, 3.8) is 0 Å². The summed E-state index contributed by atoms with van der Waals surface area (Å²) in [5.74, 6) is 0.240. The van der Waals surface area contributed by atoms with Gasteiger partial charge >= 0.3 is 0 Å². The maximum Gasteiger partial charge on any atom is 0.211 e. The highest BCUT2D eigenvalue weighted by atomic mass is 32.2. The van der Waals surface area contributed by atoms with Gasteiger partial charge in [0.15, 0.2) is 0 Å². The van der Waals surface area contributed by atoms with E-state index in [-0.39, 0.29) is 5.75 Å². The first-order valence-electron chi connectivity index (χ1n) is 7.46. The lowest BCUT2D eigenvalue weighted by atomic mass is 10.3. The summed E-state index contributed by atoms with van der Waals surface area (Å²) in [6.07, 6.45) is 2.50. The number of sulfonamides is 1. The minimum Gasteiger partial charge on any atom is -0.317 e. The average molecular weight is 293 g/mol. The molecule has 6 heteroatoms. The predicted octanol–water partition coefficient (Wildman–Crippen LogP) is 1.03. The van der Waals surface area contributed by atoms with Gasteiger partial charge in [-0.15, -0.1) is 0 Å². The lowest BCUT2D eigenvalue weighted by Crippen LogP contribution is -2.31. The van der Waals surface area contributed by atoms with Gasteiger partial charge < -0.3 is 10.2 Å². The standard InChI is InChI=1S/C13H31N3O2S/c1-4-14-10-7-8-13-19(17,18)15-11-9-12-16(5-2)6-3/h14-15H,4-13H2,1-3H3. The SMILES string of the molecule is CCNCCCCS(=O)(=O)NCCCN(CC)CC. The Hall–Kier alpha value is -0.170. The lowest BCUT2D eigenvalue weighted by Gasteiger charge is -2.17. The minimum absolute atomic E-state index is 0.240. The second kappa shape index (κ2) is 11.6. The van der Waals surface area contributed by atoms with Crippen molar-refractivity contribution >= 4 is 10.0 Å². The maximum absolute atomic E-state index is 11.7. The minimum atomic E-state index is -3.08. The molecule has 0 aliphatic rings. The van der Waals surface area contributed by atoms with Crippen molar-refractivity contribution in [3.8, 4) is 0 Å². The molecule has 0 aromatic carbocycles. The van der Waals surface area contributed by atoms with Gasteiger partial charge in [0.05, 0.1) is 5.75 Å². The molecular weight excluding hydrogens is 262 g/mol. The van der Waals surface area contributed by atoms with E-state index >= 15 is 0 Å². The zero-order chi connectivity index (χ0) is 14.6. The van der Waals surface area contributed by atoms with Gasteiger partial charge in [-0.05, 0) is 52.0 Å². The van der Waals surface area contributed by atoms with Crippen LogP contribution in [-0.2, 0) is 10.0 Å². The van der Waals surface area contributed by atoms with Crippen LogP contribution in [0.4, 0.5) is 0 Å². The second-order valence-corrected chi connectivity index (χ2v) is 6.58. The van der Waals surface area contributed by atoms with Crippen LogP contribution in [0.1, 0.15) is 40.0 Å². The Kier molecular flexibility index (Phi) is 11.5. The van der Waals surface area contributed by atoms with Crippen LogP contribution in [0.3, 0.4) is 0 Å². The molecule has 0 radical (unpaired) electrons. The van der Waals surface area contributed by atoms with E-state index in [0.29, 0.717) is 6.54 Å². The quantitative estimate of drug-likeness (QED) is 0.498. The molecule has 0 heterocycles. The molecule has 0 bridgehead atoms. The average Bonchev–Trinajstić information content (AvgIpc) is 2.38. The van der Waals surface area contributed by atoms with Crippen molar-refractivity contribution in [2.45, 2.75) is 40.0 Å². The summed E-state index contributed by atoms with van der Waals surface area (Å²) in [4.78, 5) is 2.30. The van der Waals surface area contributed by atoms with E-state index in [2.05, 4.69) is 28.8 Å². The Balaban J connectivity index is 3.62. The fourth-order valence-corrected chi connectivity index (χ4v) is 3.05. The fraction of sp³-hybridized carbons (Fsp3) is 1.00. The first kappa shape index (κ1) is 18.8. The monoisotopic (exact) mass is 293 g/mol. The second-order valence-electron chi connectivity index (χ2n) is 4.65. The highest BCUT2D eigenvalue weighted by molar-refractivity contribution is 7.89. The molecule has 0 aromatic rings. The zero-order valence-corrected chi connectivity index (χ0v) is 13.6. The van der Waals surface area contributed by atoms with Crippen LogP contribution in [-0.4, -0.2) is 58.3 Å². The van der Waals surface area contributed by atoms with E-state index in [1.165, 1.54) is 0 Å². The van der Waals surface area contributed by atoms with Crippen LogP contribution in [0.5, 0.6) is 0 Å². The summed E-state index contributed by atoms with van der Waals surface area (Å²) in [6.45, 7) is 11.7. The molecule has 2 N–H and O–H groups in total. The summed E-state index contributed by atoms with van der Waals surface area (Å²) in [7, 11) is -3.08. The Morgan fingerprint density at radius 1 is 0.947 bits per heavy atom. The van der Waals surface area contributed by atoms with Gasteiger partial charge in [0, 0.05) is 6.54 Å². The van der Waals surface area contributed by atoms with Gasteiger partial charge in [-0.1, -0.05) is 20.8 Å². The molecule has 0 aliphatic heterocycles. The van der Waals surface area contributed by atoms with Crippen LogP contribution in [0, 0.1) is 0 Å². The Labute approximate surface area is 119 Å². The molecule has 0 amide bonds. The molecule has 0 atom stereocenters. The van der Waals surface area contributed by atoms with Gasteiger partial charge in [-0.2, -0.15) is 0 Å². The van der Waals surface area contributed by atoms with Gasteiger partial charge in [0.2, 0.25) is 10.0 Å². The number of hydrogen-bond acceptors (Lipinski definition) is 4. The van der Waals surface area contributed by atoms with Crippen molar-refractivity contribution in [1.82, 2.24) is 14.9 Å². The summed E-state index contributed by atoms with van der Waals surface area (Å²) in [5.41, 5.74) is 0. The van der Waals surface area contributed by atoms with Crippen LogP contribution in [0.2, 0.25) is 0 Å². The highest BCUT2D eigenvalue weighted by Gasteiger charge is 2.09. The van der Waals surface area contributed by atoms with Crippen molar-refractivity contribution in [2.24, 2.45) is 0 Å². The van der Waals surface area contributed by atoms with Crippen molar-refractivity contribution in [3.05, 3.63) is 0 Å². The van der Waals surface area contributed by atoms with E-state index < -0.39 is 10.0 Å². The Morgan fingerprint density at radius 3 is 2.21 bits per heavy atom. The maximum atomic E-state index is 11.7. The number of rotatable bonds is 13. The summed E-state index contributed by atoms with van der Waals surface area (Å²) in [6, 6.07) is 0. The summed E-state index contributed by atoms with van der Waals surface area (Å²) < 4.78 is 26.1. The zero-order valence-electron chi connectivity index (χ0n) is 12.7. The molecule has 0 saturated heterocycles. The third-order valence-corrected chi connectivity index (χ3v) is 4.60. The van der Waals surface area contributed by atoms with E-state index in [9.17, 15) is 8.42 Å². The van der Waals surface area contributed by atoms with Crippen molar-refractivity contribution in [1.29, 1.82) is 0 Å². The van der Waals surface area contributed by atoms with Crippen LogP contribution < -0.4 is 10.0 Å². The molecule has 0 unspecified atom stereocenters. The molecule has 0 fully saturated rings. The highest BCUT2D eigenvalue weighted by Crippen LogP contribution is 1.95. The molecule has 116 valence electrons. The molecular formula is C13H31N3O2S. The lowest BCUT2D eigenvalue weighted by molar-refractivity contribution is 0.300. The molecule has 5 nitrogen and oxygen atoms in total. The van der Waals surface area contributed by atoms with Crippen LogP contribution in [0.15, 0.2) is 0 Å². The molecule has 0 spiro atoms. The third-order valence-electron chi connectivity index (χ3n) is 3.13. The topological polar surface area (TPSA) is 61.4 Å². The van der Waals surface area contributed by atoms with Crippen molar-refractivity contribution < 1.29 is 8.42 Å². The normalized spacial score (nSPS) is 12.2. The van der Waals surface area contributed by atoms with Gasteiger partial charge in [-0.25, -0.2) is 13.1 Å². The molecule has 0 aliphatic carbocycles. The predicted molar refractivity (Wildman–Crippen MR) is 82.0 cm³/mol. The van der Waals surface area contributed by atoms with E-state index in [1.807, 2.05) is 6.92 Å². The third kappa shape index (κ3) is 11.4.